The first-order chi connectivity index (χ1) is 8.43. The molecular weight excluding hydrogens is 230 g/mol. The lowest BCUT2D eigenvalue weighted by molar-refractivity contribution is -0.118. The fourth-order valence-electron chi connectivity index (χ4n) is 1.58. The number of nitrogens with zero attached hydrogens (tertiary/aromatic N) is 2. The van der Waals surface area contributed by atoms with Crippen molar-refractivity contribution in [3.8, 4) is 0 Å². The molecule has 1 heterocycles. The second-order valence-corrected chi connectivity index (χ2v) is 4.84. The number of anilines is 2. The average Bonchev–Trinajstić information content (AvgIpc) is 2.24. The van der Waals surface area contributed by atoms with E-state index in [2.05, 4.69) is 27.5 Å². The minimum Gasteiger partial charge on any atom is -0.370 e. The highest BCUT2D eigenvalue weighted by Gasteiger charge is 2.20. The molecule has 0 radical (unpaired) electrons. The van der Waals surface area contributed by atoms with Crippen LogP contribution < -0.4 is 16.4 Å². The molecule has 1 amide bonds. The molecule has 0 atom stereocenters. The molecule has 6 nitrogen and oxygen atoms in total. The molecule has 0 saturated carbocycles. The highest BCUT2D eigenvalue weighted by molar-refractivity contribution is 5.75. The minimum absolute atomic E-state index is 0.245. The summed E-state index contributed by atoms with van der Waals surface area (Å²) in [5.41, 5.74) is 4.78. The van der Waals surface area contributed by atoms with Crippen molar-refractivity contribution < 1.29 is 4.79 Å². The molecule has 6 heteroatoms. The number of nitrogens with two attached hydrogens (primary N) is 1. The molecule has 0 aliphatic rings. The molecule has 0 spiro atoms. The van der Waals surface area contributed by atoms with Gasteiger partial charge in [0.1, 0.15) is 5.82 Å². The molecule has 1 rings (SSSR count). The Labute approximate surface area is 107 Å². The predicted octanol–water partition coefficient (Wildman–Crippen LogP) is 1.36. The normalized spacial score (nSPS) is 11.1. The summed E-state index contributed by atoms with van der Waals surface area (Å²) in [4.78, 5) is 19.4. The van der Waals surface area contributed by atoms with Crippen molar-refractivity contribution in [3.63, 3.8) is 0 Å². The van der Waals surface area contributed by atoms with Crippen LogP contribution in [0.15, 0.2) is 12.3 Å². The van der Waals surface area contributed by atoms with Gasteiger partial charge >= 0.3 is 0 Å². The second kappa shape index (κ2) is 6.18. The first-order valence-electron chi connectivity index (χ1n) is 6.06. The van der Waals surface area contributed by atoms with Crippen molar-refractivity contribution in [3.05, 3.63) is 12.3 Å². The third-order valence-corrected chi connectivity index (χ3v) is 2.27. The Hall–Kier alpha value is -1.85. The lowest BCUT2D eigenvalue weighted by Crippen LogP contribution is -2.36. The smallest absolute Gasteiger partial charge is 0.224 e. The van der Waals surface area contributed by atoms with Crippen LogP contribution in [-0.2, 0) is 4.79 Å². The van der Waals surface area contributed by atoms with Gasteiger partial charge in [0.15, 0.2) is 0 Å². The Bertz CT molecular complexity index is 405. The van der Waals surface area contributed by atoms with Crippen LogP contribution in [0.25, 0.3) is 0 Å². The zero-order valence-corrected chi connectivity index (χ0v) is 11.2. The summed E-state index contributed by atoms with van der Waals surface area (Å²) < 4.78 is 0. The minimum atomic E-state index is -0.428. The van der Waals surface area contributed by atoms with E-state index in [1.54, 1.807) is 12.3 Å². The van der Waals surface area contributed by atoms with Crippen LogP contribution in [0.1, 0.15) is 33.6 Å². The fraction of sp³-hybridized carbons (Fsp3) is 0.583. The molecule has 0 saturated heterocycles. The molecule has 1 aromatic heterocycles. The van der Waals surface area contributed by atoms with Crippen LogP contribution >= 0.6 is 0 Å². The Morgan fingerprint density at radius 1 is 1.50 bits per heavy atom. The quantitative estimate of drug-likeness (QED) is 0.680. The summed E-state index contributed by atoms with van der Waals surface area (Å²) in [7, 11) is 0. The van der Waals surface area contributed by atoms with Gasteiger partial charge in [-0.15, -0.1) is 0 Å². The maximum absolute atomic E-state index is 11.0. The van der Waals surface area contributed by atoms with Crippen LogP contribution in [0, 0.1) is 0 Å². The zero-order valence-electron chi connectivity index (χ0n) is 11.2. The molecule has 0 aromatic carbocycles. The lowest BCUT2D eigenvalue weighted by Gasteiger charge is -2.25. The number of rotatable bonds is 7. The summed E-state index contributed by atoms with van der Waals surface area (Å²) in [6.07, 6.45) is 2.93. The van der Waals surface area contributed by atoms with Crippen molar-refractivity contribution in [1.82, 2.24) is 9.97 Å². The molecule has 0 bridgehead atoms. The van der Waals surface area contributed by atoms with E-state index in [-0.39, 0.29) is 12.3 Å². The number of aromatic nitrogens is 2. The van der Waals surface area contributed by atoms with Gasteiger partial charge in [0, 0.05) is 24.7 Å². The fourth-order valence-corrected chi connectivity index (χ4v) is 1.58. The maximum atomic E-state index is 11.0. The first-order valence-corrected chi connectivity index (χ1v) is 6.06. The Morgan fingerprint density at radius 3 is 2.83 bits per heavy atom. The van der Waals surface area contributed by atoms with E-state index in [0.29, 0.717) is 11.8 Å². The summed E-state index contributed by atoms with van der Waals surface area (Å²) in [6, 6.07) is 1.76. The molecular formula is C12H21N5O. The standard InChI is InChI=1S/C12H21N5O/c1-4-6-14-11-15-7-5-10(16-11)17-12(2,3)8-9(13)18/h5,7H,4,6,8H2,1-3H3,(H2,13,18)(H2,14,15,16,17). The number of nitrogens with one attached hydrogen (secondary N) is 2. The third kappa shape index (κ3) is 4.99. The van der Waals surface area contributed by atoms with Crippen LogP contribution in [0.4, 0.5) is 11.8 Å². The maximum Gasteiger partial charge on any atom is 0.224 e. The van der Waals surface area contributed by atoms with Crippen molar-refractivity contribution in [1.29, 1.82) is 0 Å². The monoisotopic (exact) mass is 251 g/mol. The molecule has 1 aromatic rings. The number of primary amides is 1. The summed E-state index contributed by atoms with van der Waals surface area (Å²) in [6.45, 7) is 6.71. The Morgan fingerprint density at radius 2 is 2.22 bits per heavy atom. The number of carbonyl (C=O) groups excluding carboxylic acids is 1. The number of carbonyl (C=O) groups is 1. The van der Waals surface area contributed by atoms with Gasteiger partial charge in [-0.2, -0.15) is 4.98 Å². The van der Waals surface area contributed by atoms with E-state index in [1.165, 1.54) is 0 Å². The molecule has 0 aliphatic heterocycles. The van der Waals surface area contributed by atoms with E-state index in [4.69, 9.17) is 5.73 Å². The summed E-state index contributed by atoms with van der Waals surface area (Å²) in [5, 5.41) is 6.28. The Kier molecular flexibility index (Phi) is 4.88. The van der Waals surface area contributed by atoms with Crippen molar-refractivity contribution in [2.45, 2.75) is 39.2 Å². The van der Waals surface area contributed by atoms with Gasteiger partial charge in [-0.3, -0.25) is 4.79 Å². The van der Waals surface area contributed by atoms with Crippen molar-refractivity contribution in [2.75, 3.05) is 17.2 Å². The van der Waals surface area contributed by atoms with Gasteiger partial charge in [0.2, 0.25) is 11.9 Å². The first kappa shape index (κ1) is 14.2. The summed E-state index contributed by atoms with van der Waals surface area (Å²) in [5.74, 6) is 0.914. The number of hydrogen-bond donors (Lipinski definition) is 3. The van der Waals surface area contributed by atoms with E-state index >= 15 is 0 Å². The predicted molar refractivity (Wildman–Crippen MR) is 72.3 cm³/mol. The molecule has 100 valence electrons. The molecule has 0 aliphatic carbocycles. The largest absolute Gasteiger partial charge is 0.370 e. The topological polar surface area (TPSA) is 92.9 Å². The van der Waals surface area contributed by atoms with E-state index in [1.807, 2.05) is 13.8 Å². The zero-order chi connectivity index (χ0) is 13.6. The molecule has 4 N–H and O–H groups in total. The van der Waals surface area contributed by atoms with Gasteiger partial charge in [-0.05, 0) is 26.3 Å². The lowest BCUT2D eigenvalue weighted by atomic mass is 10.0. The number of hydrogen-bond acceptors (Lipinski definition) is 5. The number of amides is 1. The van der Waals surface area contributed by atoms with Crippen molar-refractivity contribution in [2.24, 2.45) is 5.73 Å². The van der Waals surface area contributed by atoms with Crippen LogP contribution in [-0.4, -0.2) is 28.0 Å². The van der Waals surface area contributed by atoms with E-state index in [9.17, 15) is 4.79 Å². The highest BCUT2D eigenvalue weighted by Crippen LogP contribution is 2.16. The van der Waals surface area contributed by atoms with Crippen molar-refractivity contribution >= 4 is 17.7 Å². The summed E-state index contributed by atoms with van der Waals surface area (Å²) >= 11 is 0. The van der Waals surface area contributed by atoms with Gasteiger partial charge in [-0.1, -0.05) is 6.92 Å². The van der Waals surface area contributed by atoms with Gasteiger partial charge in [0.25, 0.3) is 0 Å². The van der Waals surface area contributed by atoms with Crippen LogP contribution in [0.3, 0.4) is 0 Å². The average molecular weight is 251 g/mol. The van der Waals surface area contributed by atoms with Crippen LogP contribution in [0.2, 0.25) is 0 Å². The molecule has 0 unspecified atom stereocenters. The Balaban J connectivity index is 2.69. The van der Waals surface area contributed by atoms with Gasteiger partial charge in [0.05, 0.1) is 0 Å². The second-order valence-electron chi connectivity index (χ2n) is 4.84. The molecule has 0 fully saturated rings. The molecule has 18 heavy (non-hydrogen) atoms. The van der Waals surface area contributed by atoms with Crippen LogP contribution in [0.5, 0.6) is 0 Å². The van der Waals surface area contributed by atoms with Gasteiger partial charge in [-0.25, -0.2) is 4.98 Å². The SMILES string of the molecule is CCCNc1nccc(NC(C)(C)CC(N)=O)n1. The van der Waals surface area contributed by atoms with E-state index < -0.39 is 5.54 Å². The van der Waals surface area contributed by atoms with Gasteiger partial charge < -0.3 is 16.4 Å². The highest BCUT2D eigenvalue weighted by atomic mass is 16.1. The van der Waals surface area contributed by atoms with E-state index in [0.717, 1.165) is 13.0 Å². The third-order valence-electron chi connectivity index (χ3n) is 2.27.